The van der Waals surface area contributed by atoms with Crippen molar-refractivity contribution in [2.24, 2.45) is 0 Å². The van der Waals surface area contributed by atoms with Gasteiger partial charge in [-0.15, -0.1) is 0 Å². The average Bonchev–Trinajstić information content (AvgIpc) is 3.10. The number of fused-ring (bicyclic) bond motifs is 1. The first-order valence-electron chi connectivity index (χ1n) is 8.49. The Labute approximate surface area is 151 Å². The summed E-state index contributed by atoms with van der Waals surface area (Å²) in [5.41, 5.74) is 2.51. The van der Waals surface area contributed by atoms with Crippen LogP contribution in [0.1, 0.15) is 59.2 Å². The molecule has 26 heavy (non-hydrogen) atoms. The molecule has 0 spiro atoms. The molecule has 2 aromatic rings. The molecule has 0 bridgehead atoms. The number of rotatable bonds is 4. The number of carbonyl (C=O) groups excluding carboxylic acids is 3. The second-order valence-electron chi connectivity index (χ2n) is 7.53. The Balaban J connectivity index is 1.61. The Kier molecular flexibility index (Phi) is 4.39. The highest BCUT2D eigenvalue weighted by molar-refractivity contribution is 6.21. The Bertz CT molecular complexity index is 892. The third-order valence-corrected chi connectivity index (χ3v) is 4.34. The smallest absolute Gasteiger partial charge is 0.261 e. The number of hydrogen-bond acceptors (Lipinski definition) is 4. The van der Waals surface area contributed by atoms with Gasteiger partial charge in [0.2, 0.25) is 5.91 Å². The molecule has 2 N–H and O–H groups in total. The fourth-order valence-corrected chi connectivity index (χ4v) is 2.80. The molecule has 7 heteroatoms. The summed E-state index contributed by atoms with van der Waals surface area (Å²) in [4.78, 5) is 38.0. The predicted molar refractivity (Wildman–Crippen MR) is 97.1 cm³/mol. The number of nitrogens with zero attached hydrogens (tertiary/aromatic N) is 2. The van der Waals surface area contributed by atoms with Crippen molar-refractivity contribution in [3.05, 3.63) is 46.6 Å². The molecule has 1 aromatic heterocycles. The zero-order valence-electron chi connectivity index (χ0n) is 15.3. The average molecular weight is 354 g/mol. The van der Waals surface area contributed by atoms with Gasteiger partial charge in [0.15, 0.2) is 5.82 Å². The SMILES string of the molecule is Cc1ccc2c(c1)C(=O)N(CCC(=O)Nc1cc(C(C)(C)C)[nH]n1)C2=O. The normalized spacial score (nSPS) is 13.9. The number of hydrogen-bond donors (Lipinski definition) is 2. The highest BCUT2D eigenvalue weighted by atomic mass is 16.2. The van der Waals surface area contributed by atoms with Crippen LogP contribution < -0.4 is 5.32 Å². The summed E-state index contributed by atoms with van der Waals surface area (Å²) in [6, 6.07) is 6.93. The van der Waals surface area contributed by atoms with Crippen molar-refractivity contribution < 1.29 is 14.4 Å². The van der Waals surface area contributed by atoms with Crippen LogP contribution in [0.3, 0.4) is 0 Å². The third kappa shape index (κ3) is 3.37. The van der Waals surface area contributed by atoms with E-state index in [2.05, 4.69) is 15.5 Å². The van der Waals surface area contributed by atoms with Gasteiger partial charge in [-0.05, 0) is 19.1 Å². The quantitative estimate of drug-likeness (QED) is 0.825. The number of aryl methyl sites for hydroxylation is 1. The largest absolute Gasteiger partial charge is 0.309 e. The minimum absolute atomic E-state index is 0.0160. The zero-order valence-corrected chi connectivity index (χ0v) is 15.3. The van der Waals surface area contributed by atoms with Gasteiger partial charge in [-0.25, -0.2) is 0 Å². The van der Waals surface area contributed by atoms with Gasteiger partial charge >= 0.3 is 0 Å². The number of anilines is 1. The summed E-state index contributed by atoms with van der Waals surface area (Å²) >= 11 is 0. The van der Waals surface area contributed by atoms with E-state index >= 15 is 0 Å². The lowest BCUT2D eigenvalue weighted by molar-refractivity contribution is -0.116. The molecule has 0 saturated carbocycles. The molecule has 1 aromatic carbocycles. The van der Waals surface area contributed by atoms with E-state index < -0.39 is 0 Å². The standard InChI is InChI=1S/C19H22N4O3/c1-11-5-6-12-13(9-11)18(26)23(17(12)25)8-7-16(24)20-15-10-14(21-22-15)19(2,3)4/h5-6,9-10H,7-8H2,1-4H3,(H2,20,21,22,24). The van der Waals surface area contributed by atoms with Crippen molar-refractivity contribution in [3.8, 4) is 0 Å². The minimum Gasteiger partial charge on any atom is -0.309 e. The van der Waals surface area contributed by atoms with Crippen LogP contribution in [-0.4, -0.2) is 39.4 Å². The summed E-state index contributed by atoms with van der Waals surface area (Å²) < 4.78 is 0. The van der Waals surface area contributed by atoms with Gasteiger partial charge in [0.1, 0.15) is 0 Å². The molecule has 0 saturated heterocycles. The lowest BCUT2D eigenvalue weighted by atomic mass is 9.92. The summed E-state index contributed by atoms with van der Waals surface area (Å²) in [5, 5.41) is 9.65. The van der Waals surface area contributed by atoms with Gasteiger partial charge in [0, 0.05) is 30.1 Å². The first kappa shape index (κ1) is 17.8. The molecule has 2 heterocycles. The van der Waals surface area contributed by atoms with Gasteiger partial charge in [-0.3, -0.25) is 24.4 Å². The Morgan fingerprint density at radius 3 is 2.50 bits per heavy atom. The minimum atomic E-state index is -0.354. The predicted octanol–water partition coefficient (Wildman–Crippen LogP) is 2.64. The molecule has 0 radical (unpaired) electrons. The van der Waals surface area contributed by atoms with Crippen molar-refractivity contribution in [3.63, 3.8) is 0 Å². The second-order valence-corrected chi connectivity index (χ2v) is 7.53. The van der Waals surface area contributed by atoms with Crippen molar-refractivity contribution in [2.75, 3.05) is 11.9 Å². The van der Waals surface area contributed by atoms with E-state index in [1.165, 1.54) is 0 Å². The fraction of sp³-hybridized carbons (Fsp3) is 0.368. The highest BCUT2D eigenvalue weighted by Gasteiger charge is 2.35. The van der Waals surface area contributed by atoms with Crippen LogP contribution in [0.15, 0.2) is 24.3 Å². The molecule has 1 aliphatic heterocycles. The zero-order chi connectivity index (χ0) is 19.1. The van der Waals surface area contributed by atoms with E-state index in [1.54, 1.807) is 24.3 Å². The third-order valence-electron chi connectivity index (χ3n) is 4.34. The molecular weight excluding hydrogens is 332 g/mol. The molecule has 3 rings (SSSR count). The molecule has 0 aliphatic carbocycles. The Hall–Kier alpha value is -2.96. The maximum absolute atomic E-state index is 12.4. The number of carbonyl (C=O) groups is 3. The Morgan fingerprint density at radius 1 is 1.15 bits per heavy atom. The maximum atomic E-state index is 12.4. The van der Waals surface area contributed by atoms with Crippen LogP contribution >= 0.6 is 0 Å². The first-order valence-corrected chi connectivity index (χ1v) is 8.49. The molecule has 136 valence electrons. The van der Waals surface area contributed by atoms with Gasteiger partial charge in [-0.2, -0.15) is 5.10 Å². The van der Waals surface area contributed by atoms with Crippen LogP contribution in [0.5, 0.6) is 0 Å². The van der Waals surface area contributed by atoms with Crippen molar-refractivity contribution in [1.82, 2.24) is 15.1 Å². The monoisotopic (exact) mass is 354 g/mol. The number of aromatic nitrogens is 2. The lowest BCUT2D eigenvalue weighted by Gasteiger charge is -2.14. The molecule has 0 atom stereocenters. The van der Waals surface area contributed by atoms with Gasteiger partial charge in [-0.1, -0.05) is 32.4 Å². The molecule has 7 nitrogen and oxygen atoms in total. The van der Waals surface area contributed by atoms with Crippen molar-refractivity contribution in [2.45, 2.75) is 39.5 Å². The van der Waals surface area contributed by atoms with E-state index in [0.29, 0.717) is 16.9 Å². The molecule has 3 amide bonds. The number of imide groups is 1. The lowest BCUT2D eigenvalue weighted by Crippen LogP contribution is -2.32. The van der Waals surface area contributed by atoms with Crippen molar-refractivity contribution >= 4 is 23.5 Å². The topological polar surface area (TPSA) is 95.2 Å². The number of nitrogens with one attached hydrogen (secondary N) is 2. The number of H-pyrrole nitrogens is 1. The van der Waals surface area contributed by atoms with E-state index in [0.717, 1.165) is 16.2 Å². The van der Waals surface area contributed by atoms with E-state index in [9.17, 15) is 14.4 Å². The van der Waals surface area contributed by atoms with E-state index in [-0.39, 0.29) is 36.1 Å². The van der Waals surface area contributed by atoms with Gasteiger partial charge in [0.05, 0.1) is 11.1 Å². The molecular formula is C19H22N4O3. The summed E-state index contributed by atoms with van der Waals surface area (Å²) in [6.45, 7) is 8.01. The van der Waals surface area contributed by atoms with E-state index in [1.807, 2.05) is 27.7 Å². The summed E-state index contributed by atoms with van der Waals surface area (Å²) in [7, 11) is 0. The van der Waals surface area contributed by atoms with E-state index in [4.69, 9.17) is 0 Å². The number of aromatic amines is 1. The molecule has 0 unspecified atom stereocenters. The van der Waals surface area contributed by atoms with Gasteiger partial charge in [0.25, 0.3) is 11.8 Å². The summed E-state index contributed by atoms with van der Waals surface area (Å²) in [6.07, 6.45) is 0.0160. The molecule has 1 aliphatic rings. The number of benzene rings is 1. The Morgan fingerprint density at radius 2 is 1.85 bits per heavy atom. The van der Waals surface area contributed by atoms with Crippen LogP contribution in [0, 0.1) is 6.92 Å². The van der Waals surface area contributed by atoms with Crippen LogP contribution in [0.2, 0.25) is 0 Å². The summed E-state index contributed by atoms with van der Waals surface area (Å²) in [5.74, 6) is -0.577. The fourth-order valence-electron chi connectivity index (χ4n) is 2.80. The van der Waals surface area contributed by atoms with Gasteiger partial charge < -0.3 is 5.32 Å². The number of amides is 3. The second kappa shape index (κ2) is 6.40. The highest BCUT2D eigenvalue weighted by Crippen LogP contribution is 2.24. The first-order chi connectivity index (χ1) is 12.2. The van der Waals surface area contributed by atoms with Crippen molar-refractivity contribution in [1.29, 1.82) is 0 Å². The van der Waals surface area contributed by atoms with Crippen LogP contribution in [-0.2, 0) is 10.2 Å². The molecule has 0 fully saturated rings. The van der Waals surface area contributed by atoms with Crippen LogP contribution in [0.4, 0.5) is 5.82 Å². The van der Waals surface area contributed by atoms with Crippen LogP contribution in [0.25, 0.3) is 0 Å². The maximum Gasteiger partial charge on any atom is 0.261 e.